The Balaban J connectivity index is 1.31. The molecule has 2 aromatic heterocycles. The quantitative estimate of drug-likeness (QED) is 0.483. The van der Waals surface area contributed by atoms with Gasteiger partial charge in [-0.15, -0.1) is 11.8 Å². The third-order valence-corrected chi connectivity index (χ3v) is 5.26. The second-order valence-electron chi connectivity index (χ2n) is 6.84. The summed E-state index contributed by atoms with van der Waals surface area (Å²) < 4.78 is 6.77. The Morgan fingerprint density at radius 1 is 1.13 bits per heavy atom. The van der Waals surface area contributed by atoms with Gasteiger partial charge in [0.1, 0.15) is 5.76 Å². The van der Waals surface area contributed by atoms with Crippen molar-refractivity contribution in [1.82, 2.24) is 20.3 Å². The molecule has 158 valence electrons. The van der Waals surface area contributed by atoms with E-state index in [-0.39, 0.29) is 23.3 Å². The van der Waals surface area contributed by atoms with Crippen molar-refractivity contribution in [1.29, 1.82) is 0 Å². The van der Waals surface area contributed by atoms with Crippen LogP contribution in [0.3, 0.4) is 0 Å². The van der Waals surface area contributed by atoms with Crippen LogP contribution in [0, 0.1) is 13.8 Å². The lowest BCUT2D eigenvalue weighted by molar-refractivity contribution is -0.118. The molecule has 0 unspecified atom stereocenters. The molecule has 0 spiro atoms. The molecule has 3 aromatic rings. The lowest BCUT2D eigenvalue weighted by atomic mass is 10.1. The fourth-order valence-electron chi connectivity index (χ4n) is 2.85. The van der Waals surface area contributed by atoms with Crippen molar-refractivity contribution in [2.24, 2.45) is 0 Å². The average molecular weight is 428 g/mol. The number of aromatic nitrogens is 3. The van der Waals surface area contributed by atoms with Gasteiger partial charge in [-0.3, -0.25) is 9.59 Å². The van der Waals surface area contributed by atoms with E-state index >= 15 is 0 Å². The Labute approximate surface area is 179 Å². The first-order valence-electron chi connectivity index (χ1n) is 9.69. The Kier molecular flexibility index (Phi) is 7.67. The number of hydrogen-bond acceptors (Lipinski definition) is 6. The molecule has 0 radical (unpaired) electrons. The second kappa shape index (κ2) is 10.6. The molecule has 0 saturated heterocycles. The van der Waals surface area contributed by atoms with Crippen LogP contribution in [0.4, 0.5) is 5.82 Å². The summed E-state index contributed by atoms with van der Waals surface area (Å²) in [6.45, 7) is 4.33. The largest absolute Gasteiger partial charge is 0.360 e. The number of para-hydroxylation sites is 1. The zero-order valence-electron chi connectivity index (χ0n) is 17.1. The molecule has 1 aromatic carbocycles. The number of rotatable bonds is 10. The van der Waals surface area contributed by atoms with Crippen molar-refractivity contribution in [2.45, 2.75) is 26.7 Å². The van der Waals surface area contributed by atoms with Crippen LogP contribution in [0.15, 0.2) is 47.1 Å². The van der Waals surface area contributed by atoms with Gasteiger partial charge in [0, 0.05) is 18.8 Å². The zero-order valence-corrected chi connectivity index (χ0v) is 17.9. The molecule has 0 aliphatic carbocycles. The minimum absolute atomic E-state index is 0.0817. The van der Waals surface area contributed by atoms with Crippen LogP contribution in [-0.2, 0) is 16.0 Å². The highest BCUT2D eigenvalue weighted by Gasteiger charge is 2.09. The van der Waals surface area contributed by atoms with E-state index in [0.717, 1.165) is 24.2 Å². The summed E-state index contributed by atoms with van der Waals surface area (Å²) in [5, 5.41) is 13.8. The first-order chi connectivity index (χ1) is 14.5. The molecule has 2 heterocycles. The molecular weight excluding hydrogens is 402 g/mol. The lowest BCUT2D eigenvalue weighted by Crippen LogP contribution is -2.27. The van der Waals surface area contributed by atoms with Crippen LogP contribution in [-0.4, -0.2) is 44.8 Å². The Morgan fingerprint density at radius 2 is 1.90 bits per heavy atom. The number of nitrogens with one attached hydrogen (secondary N) is 2. The van der Waals surface area contributed by atoms with E-state index < -0.39 is 0 Å². The standard InChI is InChI=1S/C21H25N5O3S/c1-15-11-19(25-29-15)23-21(28)14-30-13-20(27)22-10-6-7-17-12-26(24-16(17)2)18-8-4-3-5-9-18/h3-5,8-9,11-12H,6-7,10,13-14H2,1-2H3,(H,22,27)(H,23,25,28). The fourth-order valence-corrected chi connectivity index (χ4v) is 3.50. The predicted molar refractivity (Wildman–Crippen MR) is 117 cm³/mol. The van der Waals surface area contributed by atoms with Crippen LogP contribution in [0.25, 0.3) is 5.69 Å². The highest BCUT2D eigenvalue weighted by molar-refractivity contribution is 8.00. The number of nitrogens with zero attached hydrogens (tertiary/aromatic N) is 3. The monoisotopic (exact) mass is 427 g/mol. The molecule has 2 amide bonds. The SMILES string of the molecule is Cc1cc(NC(=O)CSCC(=O)NCCCc2cn(-c3ccccc3)nc2C)no1. The fraction of sp³-hybridized carbons (Fsp3) is 0.333. The summed E-state index contributed by atoms with van der Waals surface area (Å²) in [4.78, 5) is 23.7. The van der Waals surface area contributed by atoms with Crippen molar-refractivity contribution in [2.75, 3.05) is 23.4 Å². The molecule has 0 fully saturated rings. The maximum Gasteiger partial charge on any atom is 0.235 e. The molecule has 0 aliphatic rings. The van der Waals surface area contributed by atoms with E-state index in [2.05, 4.69) is 20.9 Å². The van der Waals surface area contributed by atoms with Gasteiger partial charge in [-0.05, 0) is 44.4 Å². The predicted octanol–water partition coefficient (Wildman–Crippen LogP) is 2.90. The second-order valence-corrected chi connectivity index (χ2v) is 7.82. The van der Waals surface area contributed by atoms with Gasteiger partial charge >= 0.3 is 0 Å². The molecule has 0 aliphatic heterocycles. The Bertz CT molecular complexity index is 984. The van der Waals surface area contributed by atoms with Gasteiger partial charge in [-0.2, -0.15) is 5.10 Å². The van der Waals surface area contributed by atoms with E-state index in [0.29, 0.717) is 18.1 Å². The molecule has 0 atom stereocenters. The number of thioether (sulfide) groups is 1. The number of carbonyl (C=O) groups excluding carboxylic acids is 2. The number of benzene rings is 1. The highest BCUT2D eigenvalue weighted by Crippen LogP contribution is 2.13. The van der Waals surface area contributed by atoms with Gasteiger partial charge in [-0.25, -0.2) is 4.68 Å². The summed E-state index contributed by atoms with van der Waals surface area (Å²) in [5.74, 6) is 1.12. The number of hydrogen-bond donors (Lipinski definition) is 2. The first-order valence-corrected chi connectivity index (χ1v) is 10.8. The first kappa shape index (κ1) is 21.6. The molecule has 3 rings (SSSR count). The van der Waals surface area contributed by atoms with Crippen molar-refractivity contribution in [3.05, 3.63) is 59.6 Å². The Hall–Kier alpha value is -3.07. The summed E-state index contributed by atoms with van der Waals surface area (Å²) in [5.41, 5.74) is 3.19. The maximum absolute atomic E-state index is 11.9. The van der Waals surface area contributed by atoms with Gasteiger partial charge in [0.25, 0.3) is 0 Å². The third-order valence-electron chi connectivity index (χ3n) is 4.33. The van der Waals surface area contributed by atoms with E-state index in [9.17, 15) is 9.59 Å². The summed E-state index contributed by atoms with van der Waals surface area (Å²) in [6.07, 6.45) is 3.70. The summed E-state index contributed by atoms with van der Waals surface area (Å²) in [6, 6.07) is 11.6. The topological polar surface area (TPSA) is 102 Å². The third kappa shape index (κ3) is 6.48. The highest BCUT2D eigenvalue weighted by atomic mass is 32.2. The maximum atomic E-state index is 11.9. The smallest absolute Gasteiger partial charge is 0.235 e. The van der Waals surface area contributed by atoms with Crippen molar-refractivity contribution in [3.63, 3.8) is 0 Å². The van der Waals surface area contributed by atoms with Gasteiger partial charge < -0.3 is 15.2 Å². The van der Waals surface area contributed by atoms with E-state index in [4.69, 9.17) is 4.52 Å². The van der Waals surface area contributed by atoms with Gasteiger partial charge in [0.05, 0.1) is 22.9 Å². The van der Waals surface area contributed by atoms with Crippen LogP contribution >= 0.6 is 11.8 Å². The number of anilines is 1. The van der Waals surface area contributed by atoms with Gasteiger partial charge in [-0.1, -0.05) is 23.4 Å². The minimum Gasteiger partial charge on any atom is -0.360 e. The molecular formula is C21H25N5O3S. The molecule has 0 bridgehead atoms. The lowest BCUT2D eigenvalue weighted by Gasteiger charge is -2.05. The normalized spacial score (nSPS) is 10.7. The Morgan fingerprint density at radius 3 is 2.63 bits per heavy atom. The van der Waals surface area contributed by atoms with Crippen molar-refractivity contribution in [3.8, 4) is 5.69 Å². The van der Waals surface area contributed by atoms with E-state index in [1.165, 1.54) is 17.3 Å². The number of amides is 2. The molecule has 30 heavy (non-hydrogen) atoms. The van der Waals surface area contributed by atoms with E-state index in [1.54, 1.807) is 13.0 Å². The van der Waals surface area contributed by atoms with Gasteiger partial charge in [0.15, 0.2) is 5.82 Å². The molecule has 9 heteroatoms. The number of aryl methyl sites for hydroxylation is 3. The summed E-state index contributed by atoms with van der Waals surface area (Å²) >= 11 is 1.26. The van der Waals surface area contributed by atoms with Crippen LogP contribution in [0.5, 0.6) is 0 Å². The minimum atomic E-state index is -0.216. The van der Waals surface area contributed by atoms with Gasteiger partial charge in [0.2, 0.25) is 11.8 Å². The van der Waals surface area contributed by atoms with Crippen molar-refractivity contribution >= 4 is 29.4 Å². The number of carbonyl (C=O) groups is 2. The molecule has 8 nitrogen and oxygen atoms in total. The zero-order chi connectivity index (χ0) is 21.3. The molecule has 0 saturated carbocycles. The van der Waals surface area contributed by atoms with Crippen LogP contribution in [0.1, 0.15) is 23.4 Å². The van der Waals surface area contributed by atoms with Crippen molar-refractivity contribution < 1.29 is 14.1 Å². The van der Waals surface area contributed by atoms with Crippen LogP contribution < -0.4 is 10.6 Å². The van der Waals surface area contributed by atoms with Crippen LogP contribution in [0.2, 0.25) is 0 Å². The van der Waals surface area contributed by atoms with E-state index in [1.807, 2.05) is 48.1 Å². The molecule has 2 N–H and O–H groups in total. The summed E-state index contributed by atoms with van der Waals surface area (Å²) in [7, 11) is 0. The average Bonchev–Trinajstić information content (AvgIpc) is 3.31.